The van der Waals surface area contributed by atoms with Crippen LogP contribution in [-0.2, 0) is 4.74 Å². The molecule has 1 unspecified atom stereocenters. The zero-order chi connectivity index (χ0) is 19.2. The Hall–Kier alpha value is -2.22. The first-order valence-electron chi connectivity index (χ1n) is 9.78. The fraction of sp³-hybridized carbons (Fsp3) is 0.684. The highest BCUT2D eigenvalue weighted by molar-refractivity contribution is 5.90. The van der Waals surface area contributed by atoms with E-state index in [1.807, 2.05) is 4.90 Å². The average Bonchev–Trinajstić information content (AvgIpc) is 2.95. The second kappa shape index (κ2) is 9.12. The van der Waals surface area contributed by atoms with Crippen LogP contribution in [-0.4, -0.2) is 60.6 Å². The number of aromatic nitrogens is 1. The van der Waals surface area contributed by atoms with E-state index >= 15 is 0 Å². The van der Waals surface area contributed by atoms with Crippen molar-refractivity contribution in [3.63, 3.8) is 0 Å². The Morgan fingerprint density at radius 2 is 2.00 bits per heavy atom. The summed E-state index contributed by atoms with van der Waals surface area (Å²) in [6, 6.07) is 1.27. The van der Waals surface area contributed by atoms with Gasteiger partial charge in [-0.25, -0.2) is 9.78 Å². The van der Waals surface area contributed by atoms with Crippen LogP contribution in [0.4, 0.5) is 11.5 Å². The molecular weight excluding hydrogens is 348 g/mol. The first-order chi connectivity index (χ1) is 13.1. The number of ether oxygens (including phenoxy) is 1. The molecular formula is C19H28N4O4. The summed E-state index contributed by atoms with van der Waals surface area (Å²) in [6.07, 6.45) is 8.66. The summed E-state index contributed by atoms with van der Waals surface area (Å²) in [6.45, 7) is 4.87. The third-order valence-electron chi connectivity index (χ3n) is 5.50. The number of carbonyl (C=O) groups excluding carboxylic acids is 1. The molecule has 8 heteroatoms. The van der Waals surface area contributed by atoms with Crippen LogP contribution >= 0.6 is 0 Å². The number of nitrogens with zero attached hydrogens (tertiary/aromatic N) is 4. The number of piperidine rings is 1. The molecule has 0 saturated carbocycles. The van der Waals surface area contributed by atoms with Gasteiger partial charge in [-0.3, -0.25) is 10.1 Å². The van der Waals surface area contributed by atoms with E-state index < -0.39 is 10.9 Å². The summed E-state index contributed by atoms with van der Waals surface area (Å²) in [7, 11) is 1.25. The number of hydrogen-bond acceptors (Lipinski definition) is 7. The second-order valence-corrected chi connectivity index (χ2v) is 7.48. The fourth-order valence-electron chi connectivity index (χ4n) is 4.14. The molecule has 0 aliphatic carbocycles. The van der Waals surface area contributed by atoms with Crippen molar-refractivity contribution >= 4 is 17.5 Å². The lowest BCUT2D eigenvalue weighted by Gasteiger charge is -2.35. The molecule has 148 valence electrons. The average molecular weight is 376 g/mol. The highest BCUT2D eigenvalue weighted by atomic mass is 16.6. The predicted molar refractivity (Wildman–Crippen MR) is 102 cm³/mol. The molecule has 2 fully saturated rings. The smallest absolute Gasteiger partial charge is 0.339 e. The molecule has 8 nitrogen and oxygen atoms in total. The largest absolute Gasteiger partial charge is 0.465 e. The van der Waals surface area contributed by atoms with Gasteiger partial charge in [-0.1, -0.05) is 12.8 Å². The van der Waals surface area contributed by atoms with E-state index in [2.05, 4.69) is 14.6 Å². The van der Waals surface area contributed by atoms with Crippen LogP contribution in [0.25, 0.3) is 0 Å². The highest BCUT2D eigenvalue weighted by Crippen LogP contribution is 2.31. The Balaban J connectivity index is 1.73. The van der Waals surface area contributed by atoms with Crippen LogP contribution in [0.15, 0.2) is 12.3 Å². The van der Waals surface area contributed by atoms with E-state index in [-0.39, 0.29) is 11.3 Å². The van der Waals surface area contributed by atoms with Crippen molar-refractivity contribution in [2.75, 3.05) is 44.7 Å². The van der Waals surface area contributed by atoms with E-state index in [4.69, 9.17) is 0 Å². The zero-order valence-electron chi connectivity index (χ0n) is 15.9. The molecule has 1 atom stereocenters. The molecule has 0 aromatic carbocycles. The lowest BCUT2D eigenvalue weighted by Crippen LogP contribution is -2.42. The van der Waals surface area contributed by atoms with Crippen molar-refractivity contribution in [3.8, 4) is 0 Å². The number of carbonyl (C=O) groups is 1. The minimum absolute atomic E-state index is 0.103. The lowest BCUT2D eigenvalue weighted by atomic mass is 9.97. The number of anilines is 1. The van der Waals surface area contributed by atoms with Gasteiger partial charge < -0.3 is 14.5 Å². The molecule has 1 aromatic heterocycles. The van der Waals surface area contributed by atoms with Crippen LogP contribution < -0.4 is 4.90 Å². The molecule has 0 N–H and O–H groups in total. The minimum atomic E-state index is -0.616. The van der Waals surface area contributed by atoms with Gasteiger partial charge in [0.05, 0.1) is 17.6 Å². The van der Waals surface area contributed by atoms with Gasteiger partial charge in [-0.05, 0) is 44.7 Å². The maximum absolute atomic E-state index is 11.7. The quantitative estimate of drug-likeness (QED) is 0.443. The Morgan fingerprint density at radius 3 is 2.67 bits per heavy atom. The summed E-state index contributed by atoms with van der Waals surface area (Å²) in [5.74, 6) is 0.224. The molecule has 0 bridgehead atoms. The van der Waals surface area contributed by atoms with Crippen LogP contribution in [0.2, 0.25) is 0 Å². The van der Waals surface area contributed by atoms with E-state index in [0.717, 1.165) is 45.6 Å². The van der Waals surface area contributed by atoms with E-state index in [1.54, 1.807) is 0 Å². The van der Waals surface area contributed by atoms with Crippen molar-refractivity contribution in [2.45, 2.75) is 38.5 Å². The fourth-order valence-corrected chi connectivity index (χ4v) is 4.14. The Labute approximate surface area is 159 Å². The predicted octanol–water partition coefficient (Wildman–Crippen LogP) is 2.87. The SMILES string of the molecule is COC(=O)c1cnc(N2CCCC(CN3CCCCCC3)C2)c([N+](=O)[O-])c1. The van der Waals surface area contributed by atoms with Crippen molar-refractivity contribution in [3.05, 3.63) is 27.9 Å². The zero-order valence-corrected chi connectivity index (χ0v) is 15.9. The number of nitro groups is 1. The van der Waals surface area contributed by atoms with Crippen molar-refractivity contribution in [1.29, 1.82) is 0 Å². The number of esters is 1. The number of hydrogen-bond donors (Lipinski definition) is 0. The van der Waals surface area contributed by atoms with Crippen LogP contribution in [0.5, 0.6) is 0 Å². The van der Waals surface area contributed by atoms with Crippen LogP contribution in [0.1, 0.15) is 48.9 Å². The molecule has 27 heavy (non-hydrogen) atoms. The third-order valence-corrected chi connectivity index (χ3v) is 5.50. The van der Waals surface area contributed by atoms with Crippen molar-refractivity contribution < 1.29 is 14.5 Å². The molecule has 2 aliphatic rings. The topological polar surface area (TPSA) is 88.8 Å². The summed E-state index contributed by atoms with van der Waals surface area (Å²) in [4.78, 5) is 31.6. The normalized spacial score (nSPS) is 21.5. The second-order valence-electron chi connectivity index (χ2n) is 7.48. The van der Waals surface area contributed by atoms with Gasteiger partial charge in [-0.2, -0.15) is 0 Å². The van der Waals surface area contributed by atoms with Gasteiger partial charge in [-0.15, -0.1) is 0 Å². The maximum Gasteiger partial charge on any atom is 0.339 e. The first-order valence-corrected chi connectivity index (χ1v) is 9.78. The standard InChI is InChI=1S/C19H28N4O4/c1-27-19(24)16-11-17(23(25)26)18(20-12-16)22-10-6-7-15(14-22)13-21-8-4-2-3-5-9-21/h11-12,15H,2-10,13-14H2,1H3. The molecule has 0 radical (unpaired) electrons. The maximum atomic E-state index is 11.7. The molecule has 0 spiro atoms. The molecule has 1 aromatic rings. The molecule has 2 aliphatic heterocycles. The monoisotopic (exact) mass is 376 g/mol. The van der Waals surface area contributed by atoms with Gasteiger partial charge in [0, 0.05) is 31.9 Å². The number of methoxy groups -OCH3 is 1. The number of rotatable bonds is 5. The Bertz CT molecular complexity index is 674. The highest BCUT2D eigenvalue weighted by Gasteiger charge is 2.29. The van der Waals surface area contributed by atoms with Crippen LogP contribution in [0, 0.1) is 16.0 Å². The lowest BCUT2D eigenvalue weighted by molar-refractivity contribution is -0.384. The Morgan fingerprint density at radius 1 is 1.26 bits per heavy atom. The number of likely N-dealkylation sites (tertiary alicyclic amines) is 1. The van der Waals surface area contributed by atoms with Crippen molar-refractivity contribution in [1.82, 2.24) is 9.88 Å². The molecule has 3 heterocycles. The van der Waals surface area contributed by atoms with E-state index in [1.165, 1.54) is 45.1 Å². The van der Waals surface area contributed by atoms with Gasteiger partial charge in [0.1, 0.15) is 0 Å². The Kier molecular flexibility index (Phi) is 6.60. The van der Waals surface area contributed by atoms with Crippen molar-refractivity contribution in [2.24, 2.45) is 5.92 Å². The summed E-state index contributed by atoms with van der Waals surface area (Å²) in [5.41, 5.74) is -0.0283. The van der Waals surface area contributed by atoms with Gasteiger partial charge in [0.2, 0.25) is 5.82 Å². The van der Waals surface area contributed by atoms with Gasteiger partial charge >= 0.3 is 11.7 Å². The first kappa shape index (κ1) is 19.5. The summed E-state index contributed by atoms with van der Waals surface area (Å²) in [5, 5.41) is 11.5. The molecule has 0 amide bonds. The van der Waals surface area contributed by atoms with Crippen LogP contribution in [0.3, 0.4) is 0 Å². The summed E-state index contributed by atoms with van der Waals surface area (Å²) < 4.78 is 4.65. The van der Waals surface area contributed by atoms with Gasteiger partial charge in [0.25, 0.3) is 0 Å². The molecule has 3 rings (SSSR count). The number of pyridine rings is 1. The minimum Gasteiger partial charge on any atom is -0.465 e. The van der Waals surface area contributed by atoms with E-state index in [0.29, 0.717) is 11.7 Å². The molecule has 2 saturated heterocycles. The van der Waals surface area contributed by atoms with E-state index in [9.17, 15) is 14.9 Å². The van der Waals surface area contributed by atoms with Gasteiger partial charge in [0.15, 0.2) is 0 Å². The third kappa shape index (κ3) is 4.94. The summed E-state index contributed by atoms with van der Waals surface area (Å²) >= 11 is 0.